The fourth-order valence-corrected chi connectivity index (χ4v) is 3.33. The number of rotatable bonds is 5. The lowest BCUT2D eigenvalue weighted by Gasteiger charge is -2.35. The van der Waals surface area contributed by atoms with Crippen LogP contribution in [0.2, 0.25) is 0 Å². The molecule has 0 bridgehead atoms. The SMILES string of the molecule is CC(C)n1nccc1NC(=O)[C@@H](C)N1CCC[C@H](c2ccn[nH]2)C1. The molecule has 0 unspecified atom stereocenters. The molecular weight excluding hydrogens is 304 g/mol. The summed E-state index contributed by atoms with van der Waals surface area (Å²) in [5.74, 6) is 1.18. The summed E-state index contributed by atoms with van der Waals surface area (Å²) in [5.41, 5.74) is 1.16. The van der Waals surface area contributed by atoms with Crippen molar-refractivity contribution >= 4 is 11.7 Å². The van der Waals surface area contributed by atoms with Crippen molar-refractivity contribution in [3.05, 3.63) is 30.2 Å². The zero-order valence-corrected chi connectivity index (χ0v) is 14.6. The van der Waals surface area contributed by atoms with E-state index in [0.717, 1.165) is 37.4 Å². The van der Waals surface area contributed by atoms with Gasteiger partial charge in [0.15, 0.2) is 0 Å². The highest BCUT2D eigenvalue weighted by molar-refractivity contribution is 5.93. The lowest BCUT2D eigenvalue weighted by atomic mass is 9.94. The minimum absolute atomic E-state index is 0.0164. The minimum atomic E-state index is -0.175. The van der Waals surface area contributed by atoms with E-state index in [1.54, 1.807) is 12.4 Å². The number of H-pyrrole nitrogens is 1. The fourth-order valence-electron chi connectivity index (χ4n) is 3.33. The first kappa shape index (κ1) is 16.7. The second-order valence-electron chi connectivity index (χ2n) is 6.77. The number of carbonyl (C=O) groups is 1. The molecule has 1 saturated heterocycles. The molecule has 7 nitrogen and oxygen atoms in total. The van der Waals surface area contributed by atoms with Crippen molar-refractivity contribution in [3.63, 3.8) is 0 Å². The van der Waals surface area contributed by atoms with Crippen LogP contribution in [-0.4, -0.2) is 49.9 Å². The van der Waals surface area contributed by atoms with E-state index in [-0.39, 0.29) is 18.0 Å². The highest BCUT2D eigenvalue weighted by atomic mass is 16.2. The van der Waals surface area contributed by atoms with Gasteiger partial charge in [-0.2, -0.15) is 10.2 Å². The summed E-state index contributed by atoms with van der Waals surface area (Å²) in [6, 6.07) is 3.91. The van der Waals surface area contributed by atoms with Gasteiger partial charge in [0.2, 0.25) is 5.91 Å². The Hall–Kier alpha value is -2.15. The van der Waals surface area contributed by atoms with Crippen molar-refractivity contribution in [1.82, 2.24) is 24.9 Å². The fraction of sp³-hybridized carbons (Fsp3) is 0.588. The molecule has 7 heteroatoms. The van der Waals surface area contributed by atoms with Crippen LogP contribution >= 0.6 is 0 Å². The molecule has 0 aromatic carbocycles. The Bertz CT molecular complexity index is 662. The van der Waals surface area contributed by atoms with Gasteiger partial charge in [0.25, 0.3) is 0 Å². The average Bonchev–Trinajstić information content (AvgIpc) is 3.25. The number of hydrogen-bond acceptors (Lipinski definition) is 4. The topological polar surface area (TPSA) is 78.8 Å². The van der Waals surface area contributed by atoms with Crippen LogP contribution in [-0.2, 0) is 4.79 Å². The van der Waals surface area contributed by atoms with Crippen molar-refractivity contribution in [1.29, 1.82) is 0 Å². The smallest absolute Gasteiger partial charge is 0.242 e. The van der Waals surface area contributed by atoms with Crippen molar-refractivity contribution < 1.29 is 4.79 Å². The zero-order chi connectivity index (χ0) is 17.1. The number of nitrogens with zero attached hydrogens (tertiary/aromatic N) is 4. The first-order chi connectivity index (χ1) is 11.6. The van der Waals surface area contributed by atoms with E-state index in [1.165, 1.54) is 0 Å². The number of nitrogens with one attached hydrogen (secondary N) is 2. The number of piperidine rings is 1. The van der Waals surface area contributed by atoms with Crippen molar-refractivity contribution in [2.24, 2.45) is 0 Å². The highest BCUT2D eigenvalue weighted by Crippen LogP contribution is 2.26. The van der Waals surface area contributed by atoms with E-state index < -0.39 is 0 Å². The second-order valence-corrected chi connectivity index (χ2v) is 6.77. The molecule has 0 aliphatic carbocycles. The van der Waals surface area contributed by atoms with Crippen LogP contribution < -0.4 is 5.32 Å². The van der Waals surface area contributed by atoms with Gasteiger partial charge >= 0.3 is 0 Å². The number of likely N-dealkylation sites (tertiary alicyclic amines) is 1. The molecule has 24 heavy (non-hydrogen) atoms. The van der Waals surface area contributed by atoms with Gasteiger partial charge < -0.3 is 5.32 Å². The zero-order valence-electron chi connectivity index (χ0n) is 14.6. The van der Waals surface area contributed by atoms with Crippen LogP contribution in [0, 0.1) is 0 Å². The summed E-state index contributed by atoms with van der Waals surface area (Å²) in [4.78, 5) is 14.9. The maximum atomic E-state index is 12.7. The quantitative estimate of drug-likeness (QED) is 0.882. The molecule has 1 fully saturated rings. The van der Waals surface area contributed by atoms with Gasteiger partial charge in [0.05, 0.1) is 12.2 Å². The number of anilines is 1. The van der Waals surface area contributed by atoms with Gasteiger partial charge in [-0.3, -0.25) is 14.8 Å². The molecule has 0 saturated carbocycles. The third kappa shape index (κ3) is 3.51. The van der Waals surface area contributed by atoms with Gasteiger partial charge in [-0.1, -0.05) is 0 Å². The maximum absolute atomic E-state index is 12.7. The molecule has 3 heterocycles. The number of aromatic amines is 1. The van der Waals surface area contributed by atoms with Crippen LogP contribution in [0.15, 0.2) is 24.5 Å². The predicted molar refractivity (Wildman–Crippen MR) is 92.8 cm³/mol. The van der Waals surface area contributed by atoms with Crippen LogP contribution in [0.5, 0.6) is 0 Å². The Balaban J connectivity index is 1.63. The number of carbonyl (C=O) groups excluding carboxylic acids is 1. The molecule has 1 amide bonds. The van der Waals surface area contributed by atoms with Gasteiger partial charge in [-0.05, 0) is 46.2 Å². The molecule has 0 radical (unpaired) electrons. The van der Waals surface area contributed by atoms with E-state index in [2.05, 4.69) is 25.5 Å². The second kappa shape index (κ2) is 7.17. The first-order valence-electron chi connectivity index (χ1n) is 8.64. The predicted octanol–water partition coefficient (Wildman–Crippen LogP) is 2.39. The lowest BCUT2D eigenvalue weighted by Crippen LogP contribution is -2.46. The summed E-state index contributed by atoms with van der Waals surface area (Å²) in [6.07, 6.45) is 5.73. The Morgan fingerprint density at radius 2 is 2.17 bits per heavy atom. The molecule has 2 aromatic heterocycles. The summed E-state index contributed by atoms with van der Waals surface area (Å²) >= 11 is 0. The standard InChI is InChI=1S/C17H26N6O/c1-12(2)23-16(7-9-19-23)20-17(24)13(3)22-10-4-5-14(11-22)15-6-8-18-21-15/h6-9,12-14H,4-5,10-11H2,1-3H3,(H,18,21)(H,20,24)/t13-,14+/m1/s1. The summed E-state index contributed by atoms with van der Waals surface area (Å²) < 4.78 is 1.83. The third-order valence-corrected chi connectivity index (χ3v) is 4.75. The molecule has 2 N–H and O–H groups in total. The van der Waals surface area contributed by atoms with Crippen molar-refractivity contribution in [2.45, 2.75) is 51.6 Å². The van der Waals surface area contributed by atoms with E-state index in [9.17, 15) is 4.79 Å². The van der Waals surface area contributed by atoms with Crippen LogP contribution in [0.25, 0.3) is 0 Å². The summed E-state index contributed by atoms with van der Waals surface area (Å²) in [6.45, 7) is 7.89. The Labute approximate surface area is 142 Å². The molecule has 2 atom stereocenters. The van der Waals surface area contributed by atoms with E-state index in [1.807, 2.05) is 37.6 Å². The molecular formula is C17H26N6O. The van der Waals surface area contributed by atoms with Gasteiger partial charge in [0, 0.05) is 36.5 Å². The molecule has 0 spiro atoms. The lowest BCUT2D eigenvalue weighted by molar-refractivity contribution is -0.121. The van der Waals surface area contributed by atoms with E-state index in [4.69, 9.17) is 0 Å². The monoisotopic (exact) mass is 330 g/mol. The third-order valence-electron chi connectivity index (χ3n) is 4.75. The molecule has 130 valence electrons. The number of hydrogen-bond donors (Lipinski definition) is 2. The maximum Gasteiger partial charge on any atom is 0.242 e. The van der Waals surface area contributed by atoms with Gasteiger partial charge in [0.1, 0.15) is 5.82 Å². The van der Waals surface area contributed by atoms with Crippen LogP contribution in [0.4, 0.5) is 5.82 Å². The minimum Gasteiger partial charge on any atom is -0.310 e. The molecule has 1 aliphatic rings. The van der Waals surface area contributed by atoms with Gasteiger partial charge in [-0.15, -0.1) is 0 Å². The van der Waals surface area contributed by atoms with Crippen molar-refractivity contribution in [3.8, 4) is 0 Å². The van der Waals surface area contributed by atoms with Crippen LogP contribution in [0.1, 0.15) is 51.3 Å². The van der Waals surface area contributed by atoms with Crippen LogP contribution in [0.3, 0.4) is 0 Å². The largest absolute Gasteiger partial charge is 0.310 e. The van der Waals surface area contributed by atoms with E-state index >= 15 is 0 Å². The molecule has 2 aromatic rings. The Morgan fingerprint density at radius 3 is 2.88 bits per heavy atom. The number of aromatic nitrogens is 4. The highest BCUT2D eigenvalue weighted by Gasteiger charge is 2.29. The molecule has 1 aliphatic heterocycles. The number of amides is 1. The summed E-state index contributed by atoms with van der Waals surface area (Å²) in [5, 5.41) is 14.4. The normalized spacial score (nSPS) is 20.2. The van der Waals surface area contributed by atoms with Gasteiger partial charge in [-0.25, -0.2) is 4.68 Å². The van der Waals surface area contributed by atoms with E-state index in [0.29, 0.717) is 5.92 Å². The summed E-state index contributed by atoms with van der Waals surface area (Å²) in [7, 11) is 0. The average molecular weight is 330 g/mol. The molecule has 3 rings (SSSR count). The first-order valence-corrected chi connectivity index (χ1v) is 8.64. The Kier molecular flexibility index (Phi) is 4.99. The van der Waals surface area contributed by atoms with Crippen molar-refractivity contribution in [2.75, 3.05) is 18.4 Å². The Morgan fingerprint density at radius 1 is 1.33 bits per heavy atom.